The lowest BCUT2D eigenvalue weighted by molar-refractivity contribution is 0.230. The average molecular weight is 456 g/mol. The topological polar surface area (TPSA) is 81.6 Å². The molecular formula is C23H23ClFN5O2. The van der Waals surface area contributed by atoms with Gasteiger partial charge in [-0.05, 0) is 43.2 Å². The molecule has 0 unspecified atom stereocenters. The Bertz CT molecular complexity index is 1130. The third kappa shape index (κ3) is 4.24. The zero-order valence-electron chi connectivity index (χ0n) is 17.7. The minimum absolute atomic E-state index is 0.107. The maximum Gasteiger partial charge on any atom is 0.330 e. The lowest BCUT2D eigenvalue weighted by Crippen LogP contribution is -2.51. The molecule has 2 N–H and O–H groups in total. The molecule has 7 nitrogen and oxygen atoms in total. The van der Waals surface area contributed by atoms with Crippen molar-refractivity contribution < 1.29 is 14.3 Å². The van der Waals surface area contributed by atoms with Gasteiger partial charge < -0.3 is 10.4 Å². The Morgan fingerprint density at radius 1 is 1.25 bits per heavy atom. The van der Waals surface area contributed by atoms with Crippen LogP contribution in [0.4, 0.5) is 32.3 Å². The zero-order valence-corrected chi connectivity index (χ0v) is 18.4. The molecule has 0 aliphatic carbocycles. The van der Waals surface area contributed by atoms with Crippen LogP contribution in [0, 0.1) is 11.7 Å². The summed E-state index contributed by atoms with van der Waals surface area (Å²) in [6.45, 7) is 3.72. The maximum absolute atomic E-state index is 14.7. The van der Waals surface area contributed by atoms with Crippen molar-refractivity contribution in [2.45, 2.75) is 19.9 Å². The molecule has 0 saturated carbocycles. The Balaban J connectivity index is 1.77. The lowest BCUT2D eigenvalue weighted by atomic mass is 10.0. The highest BCUT2D eigenvalue weighted by molar-refractivity contribution is 6.30. The van der Waals surface area contributed by atoms with Crippen molar-refractivity contribution in [2.24, 2.45) is 5.92 Å². The minimum Gasteiger partial charge on any atom is -0.396 e. The van der Waals surface area contributed by atoms with Gasteiger partial charge in [0.25, 0.3) is 0 Å². The summed E-state index contributed by atoms with van der Waals surface area (Å²) in [7, 11) is 0. The van der Waals surface area contributed by atoms with E-state index in [9.17, 15) is 14.3 Å². The van der Waals surface area contributed by atoms with Gasteiger partial charge in [0.15, 0.2) is 0 Å². The molecule has 1 aliphatic heterocycles. The number of fused-ring (bicyclic) bond motifs is 1. The van der Waals surface area contributed by atoms with Crippen LogP contribution in [0.25, 0.3) is 0 Å². The summed E-state index contributed by atoms with van der Waals surface area (Å²) in [6.07, 6.45) is 1.64. The van der Waals surface area contributed by atoms with E-state index in [-0.39, 0.29) is 29.8 Å². The Morgan fingerprint density at radius 3 is 2.69 bits per heavy atom. The molecule has 9 heteroatoms. The van der Waals surface area contributed by atoms with Crippen LogP contribution in [0.1, 0.15) is 25.5 Å². The summed E-state index contributed by atoms with van der Waals surface area (Å²) in [6, 6.07) is 12.7. The van der Waals surface area contributed by atoms with E-state index in [2.05, 4.69) is 15.3 Å². The second-order valence-corrected chi connectivity index (χ2v) is 8.22. The number of para-hydroxylation sites is 1. The maximum atomic E-state index is 14.7. The predicted molar refractivity (Wildman–Crippen MR) is 123 cm³/mol. The van der Waals surface area contributed by atoms with Crippen LogP contribution in [0.5, 0.6) is 0 Å². The molecule has 0 fully saturated rings. The van der Waals surface area contributed by atoms with Crippen LogP contribution in [0.3, 0.4) is 0 Å². The second-order valence-electron chi connectivity index (χ2n) is 7.79. The molecule has 2 atom stereocenters. The molecule has 0 bridgehead atoms. The number of halogens is 2. The number of carbonyl (C=O) groups is 1. The first-order chi connectivity index (χ1) is 15.4. The number of anilines is 4. The number of hydrogen-bond acceptors (Lipinski definition) is 5. The van der Waals surface area contributed by atoms with Gasteiger partial charge in [0.1, 0.15) is 11.6 Å². The molecule has 2 aromatic carbocycles. The van der Waals surface area contributed by atoms with Crippen LogP contribution in [-0.2, 0) is 0 Å². The van der Waals surface area contributed by atoms with Crippen molar-refractivity contribution in [3.8, 4) is 0 Å². The van der Waals surface area contributed by atoms with Crippen molar-refractivity contribution in [2.75, 3.05) is 28.3 Å². The zero-order chi connectivity index (χ0) is 22.8. The van der Waals surface area contributed by atoms with Gasteiger partial charge in [-0.2, -0.15) is 4.98 Å². The first-order valence-electron chi connectivity index (χ1n) is 10.2. The summed E-state index contributed by atoms with van der Waals surface area (Å²) in [5.41, 5.74) is 1.59. The summed E-state index contributed by atoms with van der Waals surface area (Å²) >= 11 is 5.90. The van der Waals surface area contributed by atoms with E-state index in [4.69, 9.17) is 11.6 Å². The highest BCUT2D eigenvalue weighted by Crippen LogP contribution is 2.40. The lowest BCUT2D eigenvalue weighted by Gasteiger charge is -2.41. The van der Waals surface area contributed by atoms with Crippen LogP contribution in [-0.4, -0.2) is 34.3 Å². The molecule has 166 valence electrons. The second kappa shape index (κ2) is 9.10. The summed E-state index contributed by atoms with van der Waals surface area (Å²) in [5, 5.41) is 13.0. The number of carbonyl (C=O) groups excluding carboxylic acids is 1. The van der Waals surface area contributed by atoms with Crippen LogP contribution in [0.2, 0.25) is 5.02 Å². The van der Waals surface area contributed by atoms with E-state index in [1.807, 2.05) is 37.3 Å². The number of nitrogens with zero attached hydrogens (tertiary/aromatic N) is 4. The van der Waals surface area contributed by atoms with Gasteiger partial charge in [-0.3, -0.25) is 9.80 Å². The summed E-state index contributed by atoms with van der Waals surface area (Å²) in [4.78, 5) is 25.4. The molecule has 1 aromatic heterocycles. The van der Waals surface area contributed by atoms with Gasteiger partial charge in [-0.15, -0.1) is 0 Å². The highest BCUT2D eigenvalue weighted by atomic mass is 35.5. The number of amides is 2. The average Bonchev–Trinajstić information content (AvgIpc) is 2.78. The van der Waals surface area contributed by atoms with Gasteiger partial charge in [0.05, 0.1) is 11.7 Å². The van der Waals surface area contributed by atoms with Crippen LogP contribution < -0.4 is 15.1 Å². The molecule has 0 spiro atoms. The van der Waals surface area contributed by atoms with Gasteiger partial charge in [0.2, 0.25) is 5.95 Å². The smallest absolute Gasteiger partial charge is 0.330 e. The summed E-state index contributed by atoms with van der Waals surface area (Å²) in [5.74, 6) is -0.0400. The third-order valence-corrected chi connectivity index (χ3v) is 5.57. The van der Waals surface area contributed by atoms with Crippen molar-refractivity contribution in [3.05, 3.63) is 71.1 Å². The molecule has 2 amide bonds. The van der Waals surface area contributed by atoms with Gasteiger partial charge in [0, 0.05) is 35.6 Å². The Morgan fingerprint density at radius 2 is 2.00 bits per heavy atom. The molecule has 2 heterocycles. The first kappa shape index (κ1) is 22.0. The quantitative estimate of drug-likeness (QED) is 0.537. The van der Waals surface area contributed by atoms with Crippen LogP contribution >= 0.6 is 11.6 Å². The third-order valence-electron chi connectivity index (χ3n) is 5.33. The molecular weight excluding hydrogens is 433 g/mol. The molecule has 32 heavy (non-hydrogen) atoms. The number of aliphatic hydroxyl groups excluding tert-OH is 1. The van der Waals surface area contributed by atoms with Crippen molar-refractivity contribution in [1.29, 1.82) is 0 Å². The molecule has 1 aliphatic rings. The monoisotopic (exact) mass is 455 g/mol. The van der Waals surface area contributed by atoms with E-state index in [1.165, 1.54) is 21.9 Å². The number of benzene rings is 2. The minimum atomic E-state index is -0.598. The Hall–Kier alpha value is -3.23. The highest BCUT2D eigenvalue weighted by Gasteiger charge is 2.39. The van der Waals surface area contributed by atoms with E-state index < -0.39 is 17.9 Å². The fourth-order valence-electron chi connectivity index (χ4n) is 3.65. The van der Waals surface area contributed by atoms with E-state index >= 15 is 0 Å². The van der Waals surface area contributed by atoms with Gasteiger partial charge in [-0.25, -0.2) is 14.2 Å². The number of nitrogens with one attached hydrogen (secondary N) is 1. The fraction of sp³-hybridized carbons (Fsp3) is 0.261. The summed E-state index contributed by atoms with van der Waals surface area (Å²) < 4.78 is 14.7. The number of aromatic nitrogens is 2. The largest absolute Gasteiger partial charge is 0.396 e. The number of rotatable bonds is 6. The number of urea groups is 1. The van der Waals surface area contributed by atoms with E-state index in [1.54, 1.807) is 19.2 Å². The molecule has 4 rings (SSSR count). The van der Waals surface area contributed by atoms with Crippen molar-refractivity contribution in [1.82, 2.24) is 9.97 Å². The normalized spacial score (nSPS) is 16.7. The molecule has 0 radical (unpaired) electrons. The number of hydrogen-bond donors (Lipinski definition) is 2. The Labute approximate surface area is 190 Å². The van der Waals surface area contributed by atoms with Gasteiger partial charge in [-0.1, -0.05) is 36.7 Å². The first-order valence-corrected chi connectivity index (χ1v) is 10.6. The number of aliphatic hydroxyl groups is 1. The molecule has 0 saturated heterocycles. The predicted octanol–water partition coefficient (Wildman–Crippen LogP) is 5.15. The SMILES string of the molecule is C[C@H](CO)CN1C(=O)N(c2ccc(Cl)cc2F)[C@@H](C)c2cnc(Nc3ccccc3)nc21. The standard InChI is InChI=1S/C23H23ClFN5O2/c1-14(13-31)12-29-21-18(11-26-22(28-21)27-17-6-4-3-5-7-17)15(2)30(23(29)32)20-9-8-16(24)10-19(20)25/h3-11,14-15,31H,12-13H2,1-2H3,(H,26,27,28)/t14-,15-/m0/s1. The Kier molecular flexibility index (Phi) is 6.25. The van der Waals surface area contributed by atoms with Crippen molar-refractivity contribution >= 4 is 40.8 Å². The van der Waals surface area contributed by atoms with Crippen LogP contribution in [0.15, 0.2) is 54.7 Å². The van der Waals surface area contributed by atoms with Gasteiger partial charge >= 0.3 is 6.03 Å². The van der Waals surface area contributed by atoms with Crippen molar-refractivity contribution in [3.63, 3.8) is 0 Å². The fourth-order valence-corrected chi connectivity index (χ4v) is 3.81. The molecule has 3 aromatic rings. The van der Waals surface area contributed by atoms with E-state index in [0.717, 1.165) is 5.69 Å². The van der Waals surface area contributed by atoms with E-state index in [0.29, 0.717) is 17.3 Å².